The summed E-state index contributed by atoms with van der Waals surface area (Å²) in [6.45, 7) is 16.5. The molecule has 0 unspecified atom stereocenters. The van der Waals surface area contributed by atoms with E-state index in [1.807, 2.05) is 6.08 Å². The first-order valence-electron chi connectivity index (χ1n) is 13.6. The van der Waals surface area contributed by atoms with E-state index in [-0.39, 0.29) is 16.9 Å². The predicted octanol–water partition coefficient (Wildman–Crippen LogP) is 7.40. The van der Waals surface area contributed by atoms with Gasteiger partial charge in [0, 0.05) is 5.57 Å². The number of carboxylic acid groups (broad SMARTS) is 1. The second-order valence-electron chi connectivity index (χ2n) is 13.6. The molecule has 4 aliphatic rings. The molecule has 186 valence electrons. The molecule has 3 saturated carbocycles. The molecule has 2 N–H and O–H groups in total. The molecular formula is C30H48O3. The summed E-state index contributed by atoms with van der Waals surface area (Å²) in [6, 6.07) is 0. The van der Waals surface area contributed by atoms with Crippen molar-refractivity contribution in [3.63, 3.8) is 0 Å². The second kappa shape index (κ2) is 8.25. The van der Waals surface area contributed by atoms with E-state index in [0.717, 1.165) is 25.7 Å². The number of carbonyl (C=O) groups is 1. The van der Waals surface area contributed by atoms with Crippen LogP contribution >= 0.6 is 0 Å². The normalized spacial score (nSPS) is 45.5. The highest BCUT2D eigenvalue weighted by atomic mass is 16.4. The van der Waals surface area contributed by atoms with Crippen LogP contribution in [0.1, 0.15) is 106 Å². The van der Waals surface area contributed by atoms with E-state index in [2.05, 4.69) is 47.6 Å². The van der Waals surface area contributed by atoms with Gasteiger partial charge in [-0.1, -0.05) is 59.3 Å². The molecule has 33 heavy (non-hydrogen) atoms. The molecule has 4 rings (SSSR count). The maximum Gasteiger partial charge on any atom is 0.330 e. The summed E-state index contributed by atoms with van der Waals surface area (Å²) < 4.78 is 0. The number of aliphatic hydroxyl groups excluding tert-OH is 1. The Hall–Kier alpha value is -1.09. The maximum atomic E-state index is 11.1. The smallest absolute Gasteiger partial charge is 0.330 e. The van der Waals surface area contributed by atoms with Crippen LogP contribution in [0.4, 0.5) is 0 Å². The molecule has 0 aromatic heterocycles. The lowest BCUT2D eigenvalue weighted by molar-refractivity contribution is -0.132. The highest BCUT2D eigenvalue weighted by Gasteiger charge is 2.65. The van der Waals surface area contributed by atoms with Crippen molar-refractivity contribution in [3.05, 3.63) is 23.3 Å². The molecule has 3 nitrogen and oxygen atoms in total. The van der Waals surface area contributed by atoms with Crippen molar-refractivity contribution in [1.82, 2.24) is 0 Å². The van der Waals surface area contributed by atoms with Crippen molar-refractivity contribution in [2.75, 3.05) is 0 Å². The fourth-order valence-corrected chi connectivity index (χ4v) is 9.52. The Labute approximate surface area is 202 Å². The predicted molar refractivity (Wildman–Crippen MR) is 135 cm³/mol. The zero-order valence-electron chi connectivity index (χ0n) is 22.2. The number of aliphatic carboxylic acids is 1. The van der Waals surface area contributed by atoms with Crippen LogP contribution in [0, 0.1) is 45.3 Å². The van der Waals surface area contributed by atoms with Crippen LogP contribution in [0.25, 0.3) is 0 Å². The van der Waals surface area contributed by atoms with Gasteiger partial charge in [0.2, 0.25) is 0 Å². The monoisotopic (exact) mass is 456 g/mol. The van der Waals surface area contributed by atoms with Gasteiger partial charge < -0.3 is 10.2 Å². The van der Waals surface area contributed by atoms with Gasteiger partial charge in [-0.05, 0) is 110 Å². The molecule has 3 fully saturated rings. The van der Waals surface area contributed by atoms with Gasteiger partial charge in [0.05, 0.1) is 6.10 Å². The fourth-order valence-electron chi connectivity index (χ4n) is 9.52. The van der Waals surface area contributed by atoms with Gasteiger partial charge in [0.1, 0.15) is 0 Å². The summed E-state index contributed by atoms with van der Waals surface area (Å²) in [5.74, 6) is 1.77. The minimum absolute atomic E-state index is 0.00517. The van der Waals surface area contributed by atoms with E-state index in [0.29, 0.717) is 40.1 Å². The van der Waals surface area contributed by atoms with Gasteiger partial charge in [0.15, 0.2) is 0 Å². The fraction of sp³-hybridized carbons (Fsp3) is 0.833. The summed E-state index contributed by atoms with van der Waals surface area (Å²) >= 11 is 0. The van der Waals surface area contributed by atoms with Crippen molar-refractivity contribution in [3.8, 4) is 0 Å². The summed E-state index contributed by atoms with van der Waals surface area (Å²) in [7, 11) is 0. The summed E-state index contributed by atoms with van der Waals surface area (Å²) in [5, 5.41) is 20.0. The molecule has 0 heterocycles. The number of hydrogen-bond acceptors (Lipinski definition) is 2. The highest BCUT2D eigenvalue weighted by Crippen LogP contribution is 2.73. The highest BCUT2D eigenvalue weighted by molar-refractivity contribution is 5.85. The molecule has 8 atom stereocenters. The van der Waals surface area contributed by atoms with Crippen molar-refractivity contribution in [1.29, 1.82) is 0 Å². The van der Waals surface area contributed by atoms with Crippen LogP contribution in [0.5, 0.6) is 0 Å². The Balaban J connectivity index is 1.59. The number of hydrogen-bond donors (Lipinski definition) is 2. The molecule has 0 aromatic carbocycles. The number of rotatable bonds is 5. The van der Waals surface area contributed by atoms with Crippen LogP contribution in [0.15, 0.2) is 23.3 Å². The Morgan fingerprint density at radius 2 is 1.79 bits per heavy atom. The Morgan fingerprint density at radius 1 is 1.09 bits per heavy atom. The molecule has 0 aromatic rings. The van der Waals surface area contributed by atoms with Crippen molar-refractivity contribution in [2.24, 2.45) is 45.3 Å². The van der Waals surface area contributed by atoms with E-state index in [9.17, 15) is 9.90 Å². The Bertz CT molecular complexity index is 853. The Morgan fingerprint density at radius 3 is 2.45 bits per heavy atom. The molecule has 0 saturated heterocycles. The molecule has 0 radical (unpaired) electrons. The van der Waals surface area contributed by atoms with Gasteiger partial charge in [-0.2, -0.15) is 0 Å². The minimum atomic E-state index is -0.796. The van der Waals surface area contributed by atoms with Crippen molar-refractivity contribution < 1.29 is 15.0 Å². The zero-order chi connectivity index (χ0) is 24.4. The minimum Gasteiger partial charge on any atom is -0.478 e. The third-order valence-electron chi connectivity index (χ3n) is 12.0. The first kappa shape index (κ1) is 25.0. The standard InChI is InChI=1S/C30H48O3/c1-19(9-8-10-20(2)26(32)33)21-13-17-30(7)23-11-12-24-27(3,4)25(31)15-16-28(24,5)22(23)14-18-29(21,30)6/h10,14,19,21,23-25,31H,8-9,11-13,15-18H2,1-7H3,(H,32,33)/t19-,21-,23-,24+,25+,28-,29-,30+/m1/s1. The molecule has 0 amide bonds. The molecule has 4 aliphatic carbocycles. The third-order valence-corrected chi connectivity index (χ3v) is 12.0. The Kier molecular flexibility index (Phi) is 6.25. The maximum absolute atomic E-state index is 11.1. The van der Waals surface area contributed by atoms with E-state index >= 15 is 0 Å². The summed E-state index contributed by atoms with van der Waals surface area (Å²) in [6.07, 6.45) is 14.7. The van der Waals surface area contributed by atoms with Gasteiger partial charge in [-0.25, -0.2) is 4.79 Å². The van der Waals surface area contributed by atoms with E-state index in [1.165, 1.54) is 32.1 Å². The average molecular weight is 457 g/mol. The topological polar surface area (TPSA) is 57.5 Å². The van der Waals surface area contributed by atoms with Gasteiger partial charge in [-0.15, -0.1) is 0 Å². The van der Waals surface area contributed by atoms with Gasteiger partial charge in [-0.3, -0.25) is 0 Å². The largest absolute Gasteiger partial charge is 0.478 e. The number of fused-ring (bicyclic) bond motifs is 5. The SMILES string of the molecule is CC(=CCC[C@@H](C)[C@H]1CC[C@@]2(C)[C@@H]3CC[C@H]4C(C)(C)[C@@H](O)CC[C@]4(C)C3=CC[C@]12C)C(=O)O. The van der Waals surface area contributed by atoms with Crippen LogP contribution in [-0.4, -0.2) is 22.3 Å². The molecule has 0 bridgehead atoms. The van der Waals surface area contributed by atoms with E-state index in [1.54, 1.807) is 12.5 Å². The van der Waals surface area contributed by atoms with Gasteiger partial charge >= 0.3 is 5.97 Å². The molecule has 0 aliphatic heterocycles. The van der Waals surface area contributed by atoms with Crippen LogP contribution in [0.3, 0.4) is 0 Å². The van der Waals surface area contributed by atoms with Crippen LogP contribution in [-0.2, 0) is 4.79 Å². The quantitative estimate of drug-likeness (QED) is 0.335. The molecule has 0 spiro atoms. The first-order valence-corrected chi connectivity index (χ1v) is 13.6. The zero-order valence-corrected chi connectivity index (χ0v) is 22.2. The summed E-state index contributed by atoms with van der Waals surface area (Å²) in [4.78, 5) is 11.1. The number of carboxylic acids is 1. The number of allylic oxidation sites excluding steroid dienone is 3. The van der Waals surface area contributed by atoms with Crippen LogP contribution < -0.4 is 0 Å². The van der Waals surface area contributed by atoms with Crippen molar-refractivity contribution in [2.45, 2.75) is 112 Å². The first-order chi connectivity index (χ1) is 15.3. The van der Waals surface area contributed by atoms with Gasteiger partial charge in [0.25, 0.3) is 0 Å². The molecular weight excluding hydrogens is 408 g/mol. The lowest BCUT2D eigenvalue weighted by Crippen LogP contribution is -2.57. The number of aliphatic hydroxyl groups is 1. The van der Waals surface area contributed by atoms with E-state index < -0.39 is 5.97 Å². The summed E-state index contributed by atoms with van der Waals surface area (Å²) in [5.41, 5.74) is 3.11. The van der Waals surface area contributed by atoms with E-state index in [4.69, 9.17) is 5.11 Å². The van der Waals surface area contributed by atoms with Crippen LogP contribution in [0.2, 0.25) is 0 Å². The lowest BCUT2D eigenvalue weighted by atomic mass is 9.41. The lowest BCUT2D eigenvalue weighted by Gasteiger charge is -2.64. The van der Waals surface area contributed by atoms with Crippen molar-refractivity contribution >= 4 is 5.97 Å². The average Bonchev–Trinajstić information content (AvgIpc) is 3.02. The second-order valence-corrected chi connectivity index (χ2v) is 13.6. The third kappa shape index (κ3) is 3.58. The molecule has 3 heteroatoms.